The molecule has 2 saturated heterocycles. The largest absolute Gasteiger partial charge is 0.481 e. The Morgan fingerprint density at radius 3 is 2.37 bits per heavy atom. The first-order valence-corrected chi connectivity index (χ1v) is 9.38. The summed E-state index contributed by atoms with van der Waals surface area (Å²) in [6.45, 7) is 1.78. The summed E-state index contributed by atoms with van der Waals surface area (Å²) >= 11 is 0. The average Bonchev–Trinajstić information content (AvgIpc) is 2.82. The first-order valence-electron chi connectivity index (χ1n) is 6.05. The number of sulfone groups is 1. The van der Waals surface area contributed by atoms with Gasteiger partial charge in [-0.05, 0) is 12.3 Å². The van der Waals surface area contributed by atoms with Gasteiger partial charge < -0.3 is 5.11 Å². The third-order valence-corrected chi connectivity index (χ3v) is 8.11. The molecule has 0 aromatic carbocycles. The van der Waals surface area contributed by atoms with Crippen molar-refractivity contribution in [3.63, 3.8) is 0 Å². The first kappa shape index (κ1) is 14.7. The lowest BCUT2D eigenvalue weighted by Gasteiger charge is -2.20. The van der Waals surface area contributed by atoms with Gasteiger partial charge in [0.05, 0.1) is 22.7 Å². The molecule has 7 nitrogen and oxygen atoms in total. The monoisotopic (exact) mass is 311 g/mol. The molecule has 19 heavy (non-hydrogen) atoms. The Balaban J connectivity index is 2.16. The van der Waals surface area contributed by atoms with Crippen molar-refractivity contribution in [2.24, 2.45) is 11.8 Å². The molecule has 9 heteroatoms. The molecule has 2 aliphatic rings. The molecule has 2 aliphatic heterocycles. The van der Waals surface area contributed by atoms with Crippen LogP contribution in [0, 0.1) is 11.8 Å². The lowest BCUT2D eigenvalue weighted by atomic mass is 9.99. The number of hydrogen-bond donors (Lipinski definition) is 1. The third-order valence-electron chi connectivity index (χ3n) is 3.87. The molecule has 0 aliphatic carbocycles. The van der Waals surface area contributed by atoms with E-state index in [4.69, 9.17) is 5.11 Å². The predicted molar refractivity (Wildman–Crippen MR) is 67.8 cm³/mol. The number of sulfonamides is 1. The highest BCUT2D eigenvalue weighted by atomic mass is 32.2. The minimum absolute atomic E-state index is 0.0601. The zero-order valence-corrected chi connectivity index (χ0v) is 12.2. The Morgan fingerprint density at radius 2 is 1.95 bits per heavy atom. The molecular weight excluding hydrogens is 294 g/mol. The van der Waals surface area contributed by atoms with E-state index < -0.39 is 37.0 Å². The summed E-state index contributed by atoms with van der Waals surface area (Å²) in [4.78, 5) is 11.0. The second kappa shape index (κ2) is 4.71. The second-order valence-electron chi connectivity index (χ2n) is 5.31. The summed E-state index contributed by atoms with van der Waals surface area (Å²) in [5.41, 5.74) is 0. The van der Waals surface area contributed by atoms with Crippen LogP contribution >= 0.6 is 0 Å². The third kappa shape index (κ3) is 2.77. The summed E-state index contributed by atoms with van der Waals surface area (Å²) in [6, 6.07) is 0. The highest BCUT2D eigenvalue weighted by Gasteiger charge is 2.46. The van der Waals surface area contributed by atoms with Crippen molar-refractivity contribution in [1.29, 1.82) is 0 Å². The van der Waals surface area contributed by atoms with Crippen molar-refractivity contribution >= 4 is 25.8 Å². The van der Waals surface area contributed by atoms with Crippen molar-refractivity contribution in [1.82, 2.24) is 4.31 Å². The number of carboxylic acids is 1. The molecule has 0 saturated carbocycles. The van der Waals surface area contributed by atoms with E-state index in [0.717, 1.165) is 4.31 Å². The van der Waals surface area contributed by atoms with Crippen LogP contribution in [0.25, 0.3) is 0 Å². The molecule has 0 amide bonds. The maximum absolute atomic E-state index is 12.3. The summed E-state index contributed by atoms with van der Waals surface area (Å²) in [5.74, 6) is -2.44. The molecular formula is C10H17NO6S2. The maximum Gasteiger partial charge on any atom is 0.308 e. The first-order chi connectivity index (χ1) is 8.63. The van der Waals surface area contributed by atoms with E-state index in [-0.39, 0.29) is 36.9 Å². The fraction of sp³-hybridized carbons (Fsp3) is 0.900. The molecule has 2 fully saturated rings. The molecule has 3 atom stereocenters. The van der Waals surface area contributed by atoms with Crippen molar-refractivity contribution in [3.05, 3.63) is 0 Å². The van der Waals surface area contributed by atoms with Gasteiger partial charge in [-0.3, -0.25) is 4.79 Å². The van der Waals surface area contributed by atoms with Gasteiger partial charge in [0.25, 0.3) is 0 Å². The molecule has 0 radical (unpaired) electrons. The van der Waals surface area contributed by atoms with Crippen LogP contribution in [0.15, 0.2) is 0 Å². The van der Waals surface area contributed by atoms with Crippen LogP contribution in [0.4, 0.5) is 0 Å². The van der Waals surface area contributed by atoms with Crippen molar-refractivity contribution < 1.29 is 26.7 Å². The summed E-state index contributed by atoms with van der Waals surface area (Å²) in [6.07, 6.45) is 0.104. The molecule has 1 N–H and O–H groups in total. The number of hydrogen-bond acceptors (Lipinski definition) is 5. The van der Waals surface area contributed by atoms with E-state index >= 15 is 0 Å². The van der Waals surface area contributed by atoms with Crippen molar-refractivity contribution in [2.45, 2.75) is 18.6 Å². The summed E-state index contributed by atoms with van der Waals surface area (Å²) < 4.78 is 48.5. The molecule has 0 aromatic rings. The van der Waals surface area contributed by atoms with Crippen LogP contribution in [-0.4, -0.2) is 62.1 Å². The minimum atomic E-state index is -3.72. The number of carbonyl (C=O) groups is 1. The van der Waals surface area contributed by atoms with E-state index in [0.29, 0.717) is 0 Å². The zero-order chi connectivity index (χ0) is 14.4. The van der Waals surface area contributed by atoms with E-state index in [1.165, 1.54) is 0 Å². The lowest BCUT2D eigenvalue weighted by molar-refractivity contribution is -0.142. The van der Waals surface area contributed by atoms with E-state index in [1.807, 2.05) is 0 Å². The van der Waals surface area contributed by atoms with Gasteiger partial charge in [-0.1, -0.05) is 6.92 Å². The lowest BCUT2D eigenvalue weighted by Crippen LogP contribution is -2.38. The fourth-order valence-corrected chi connectivity index (χ4v) is 7.31. The smallest absolute Gasteiger partial charge is 0.308 e. The molecule has 0 spiro atoms. The molecule has 2 heterocycles. The van der Waals surface area contributed by atoms with Crippen molar-refractivity contribution in [2.75, 3.05) is 24.6 Å². The van der Waals surface area contributed by atoms with Crippen LogP contribution in [0.3, 0.4) is 0 Å². The van der Waals surface area contributed by atoms with Crippen LogP contribution in [-0.2, 0) is 24.7 Å². The minimum Gasteiger partial charge on any atom is -0.481 e. The highest BCUT2D eigenvalue weighted by molar-refractivity contribution is 7.95. The fourth-order valence-electron chi connectivity index (χ4n) is 2.66. The number of aliphatic carboxylic acids is 1. The zero-order valence-electron chi connectivity index (χ0n) is 10.5. The predicted octanol–water partition coefficient (Wildman–Crippen LogP) is -0.844. The molecule has 0 bridgehead atoms. The quantitative estimate of drug-likeness (QED) is 0.727. The summed E-state index contributed by atoms with van der Waals surface area (Å²) in [5, 5.41) is 8.08. The second-order valence-corrected chi connectivity index (χ2v) is 9.75. The molecule has 1 unspecified atom stereocenters. The van der Waals surface area contributed by atoms with Gasteiger partial charge in [-0.2, -0.15) is 0 Å². The standard InChI is InChI=1S/C10H17NO6S2/c1-7-4-11(5-9(7)10(12)13)19(16,17)8-2-3-18(14,15)6-8/h7-9H,2-6H2,1H3,(H,12,13)/t7-,8?,9-/m1/s1. The topological polar surface area (TPSA) is 109 Å². The van der Waals surface area contributed by atoms with Gasteiger partial charge in [0.1, 0.15) is 0 Å². The normalized spacial score (nSPS) is 35.5. The Kier molecular flexibility index (Phi) is 3.65. The maximum atomic E-state index is 12.3. The van der Waals surface area contributed by atoms with Crippen LogP contribution in [0.5, 0.6) is 0 Å². The SMILES string of the molecule is C[C@@H]1CN(S(=O)(=O)C2CCS(=O)(=O)C2)C[C@H]1C(=O)O. The number of nitrogens with zero attached hydrogens (tertiary/aromatic N) is 1. The van der Waals surface area contributed by atoms with E-state index in [1.54, 1.807) is 6.92 Å². The van der Waals surface area contributed by atoms with E-state index in [2.05, 4.69) is 0 Å². The molecule has 2 rings (SSSR count). The molecule has 0 aromatic heterocycles. The number of rotatable bonds is 3. The van der Waals surface area contributed by atoms with E-state index in [9.17, 15) is 21.6 Å². The number of carboxylic acid groups (broad SMARTS) is 1. The van der Waals surface area contributed by atoms with Crippen LogP contribution in [0.2, 0.25) is 0 Å². The highest BCUT2D eigenvalue weighted by Crippen LogP contribution is 2.30. The van der Waals surface area contributed by atoms with Gasteiger partial charge in [0, 0.05) is 13.1 Å². The summed E-state index contributed by atoms with van der Waals surface area (Å²) in [7, 11) is -6.99. The van der Waals surface area contributed by atoms with Crippen molar-refractivity contribution in [3.8, 4) is 0 Å². The molecule has 110 valence electrons. The van der Waals surface area contributed by atoms with Crippen LogP contribution in [0.1, 0.15) is 13.3 Å². The Hall–Kier alpha value is -0.670. The Bertz CT molecular complexity index is 581. The Morgan fingerprint density at radius 1 is 1.32 bits per heavy atom. The van der Waals surface area contributed by atoms with Gasteiger partial charge in [0.15, 0.2) is 9.84 Å². The Labute approximate surface area is 112 Å². The van der Waals surface area contributed by atoms with Gasteiger partial charge in [-0.25, -0.2) is 21.1 Å². The van der Waals surface area contributed by atoms with Gasteiger partial charge in [0.2, 0.25) is 10.0 Å². The van der Waals surface area contributed by atoms with Gasteiger partial charge in [-0.15, -0.1) is 0 Å². The average molecular weight is 311 g/mol. The van der Waals surface area contributed by atoms with Gasteiger partial charge >= 0.3 is 5.97 Å². The van der Waals surface area contributed by atoms with Crippen LogP contribution < -0.4 is 0 Å².